The molecule has 2 N–H and O–H groups in total. The van der Waals surface area contributed by atoms with Gasteiger partial charge in [0.05, 0.1) is 48.5 Å². The molecule has 9 nitrogen and oxygen atoms in total. The Hall–Kier alpha value is -4.31. The van der Waals surface area contributed by atoms with Crippen molar-refractivity contribution in [2.45, 2.75) is 26.7 Å². The van der Waals surface area contributed by atoms with E-state index in [1.54, 1.807) is 37.3 Å². The van der Waals surface area contributed by atoms with Crippen LogP contribution >= 0.6 is 11.3 Å². The van der Waals surface area contributed by atoms with Crippen LogP contribution in [0.25, 0.3) is 17.5 Å². The fourth-order valence-corrected chi connectivity index (χ4v) is 5.56. The third-order valence-electron chi connectivity index (χ3n) is 6.06. The Balaban J connectivity index is 2.01. The molecule has 0 amide bonds. The Bertz CT molecular complexity index is 1580. The topological polar surface area (TPSA) is 119 Å². The lowest BCUT2D eigenvalue weighted by Crippen LogP contribution is -2.41. The number of fused-ring (bicyclic) bond motifs is 1. The van der Waals surface area contributed by atoms with E-state index in [0.29, 0.717) is 34.8 Å². The van der Waals surface area contributed by atoms with Gasteiger partial charge in [-0.05, 0) is 62.2 Å². The van der Waals surface area contributed by atoms with Crippen LogP contribution in [0.5, 0.6) is 11.5 Å². The fraction of sp³-hybridized carbons (Fsp3) is 0.276. The number of rotatable bonds is 9. The van der Waals surface area contributed by atoms with Crippen LogP contribution in [-0.2, 0) is 19.1 Å². The third-order valence-corrected chi connectivity index (χ3v) is 7.17. The van der Waals surface area contributed by atoms with Crippen molar-refractivity contribution in [1.29, 1.82) is 0 Å². The Morgan fingerprint density at radius 3 is 2.03 bits per heavy atom. The number of hydrogen-bond acceptors (Lipinski definition) is 9. The second-order valence-electron chi connectivity index (χ2n) is 8.42. The highest BCUT2D eigenvalue weighted by Gasteiger charge is 2.39. The van der Waals surface area contributed by atoms with E-state index in [0.717, 1.165) is 16.9 Å². The lowest BCUT2D eigenvalue weighted by molar-refractivity contribution is -0.138. The molecule has 1 atom stereocenters. The highest BCUT2D eigenvalue weighted by atomic mass is 32.1. The lowest BCUT2D eigenvalue weighted by Gasteiger charge is -2.27. The largest absolute Gasteiger partial charge is 0.494 e. The van der Waals surface area contributed by atoms with Crippen LogP contribution in [0.1, 0.15) is 37.8 Å². The monoisotopic (exact) mass is 550 g/mol. The molecule has 1 aliphatic heterocycles. The summed E-state index contributed by atoms with van der Waals surface area (Å²) in [6.45, 7) is 6.55. The van der Waals surface area contributed by atoms with E-state index < -0.39 is 23.4 Å². The lowest BCUT2D eigenvalue weighted by atomic mass is 9.83. The first-order valence-electron chi connectivity index (χ1n) is 12.5. The van der Waals surface area contributed by atoms with Gasteiger partial charge in [-0.15, -0.1) is 11.3 Å². The maximum atomic E-state index is 13.6. The number of aromatic nitrogens is 1. The number of carbonyl (C=O) groups excluding carboxylic acids is 2. The molecule has 3 aromatic rings. The zero-order valence-corrected chi connectivity index (χ0v) is 23.0. The van der Waals surface area contributed by atoms with Gasteiger partial charge in [0.2, 0.25) is 0 Å². The van der Waals surface area contributed by atoms with Crippen molar-refractivity contribution < 1.29 is 28.5 Å². The molecule has 0 saturated carbocycles. The smallest absolute Gasteiger partial charge is 0.338 e. The molecular formula is C29H30N2O7S. The highest BCUT2D eigenvalue weighted by Crippen LogP contribution is 2.38. The van der Waals surface area contributed by atoms with Crippen molar-refractivity contribution in [1.82, 2.24) is 4.57 Å². The summed E-state index contributed by atoms with van der Waals surface area (Å²) in [4.78, 5) is 40.1. The van der Waals surface area contributed by atoms with Gasteiger partial charge >= 0.3 is 11.9 Å². The van der Waals surface area contributed by atoms with E-state index in [-0.39, 0.29) is 28.2 Å². The van der Waals surface area contributed by atoms with E-state index in [2.05, 4.69) is 0 Å². The van der Waals surface area contributed by atoms with Crippen LogP contribution in [0, 0.1) is 0 Å². The zero-order valence-electron chi connectivity index (χ0n) is 22.2. The summed E-state index contributed by atoms with van der Waals surface area (Å²) in [5.74, 6) is -1.10. The quantitative estimate of drug-likeness (QED) is 0.404. The van der Waals surface area contributed by atoms with E-state index >= 15 is 0 Å². The summed E-state index contributed by atoms with van der Waals surface area (Å²) >= 11 is 1.10. The number of benzene rings is 2. The maximum absolute atomic E-state index is 13.6. The molecule has 39 heavy (non-hydrogen) atoms. The summed E-state index contributed by atoms with van der Waals surface area (Å²) in [5.41, 5.74) is 7.51. The van der Waals surface area contributed by atoms with Crippen molar-refractivity contribution in [2.24, 2.45) is 5.73 Å². The Morgan fingerprint density at radius 2 is 1.49 bits per heavy atom. The SMILES string of the molecule is CCOC(=O)C1=C(N)n2c(s/c(=C\c3ccc(OCC)cc3)c2=O)=C(C(=O)OC)C1c1ccc(OCC)cc1. The van der Waals surface area contributed by atoms with Crippen LogP contribution in [0.15, 0.2) is 58.9 Å². The predicted octanol–water partition coefficient (Wildman–Crippen LogP) is 2.35. The second kappa shape index (κ2) is 12.0. The van der Waals surface area contributed by atoms with E-state index in [9.17, 15) is 14.4 Å². The van der Waals surface area contributed by atoms with Crippen LogP contribution < -0.4 is 30.0 Å². The van der Waals surface area contributed by atoms with Gasteiger partial charge in [0.15, 0.2) is 0 Å². The molecule has 0 aliphatic carbocycles. The summed E-state index contributed by atoms with van der Waals surface area (Å²) in [7, 11) is 1.25. The molecule has 0 radical (unpaired) electrons. The molecule has 10 heteroatoms. The van der Waals surface area contributed by atoms with E-state index in [1.165, 1.54) is 11.7 Å². The Kier molecular flexibility index (Phi) is 8.55. The minimum atomic E-state index is -0.927. The number of thiazole rings is 1. The van der Waals surface area contributed by atoms with Crippen molar-refractivity contribution in [2.75, 3.05) is 26.9 Å². The van der Waals surface area contributed by atoms with Gasteiger partial charge in [0.25, 0.3) is 5.56 Å². The average Bonchev–Trinajstić information content (AvgIpc) is 3.25. The standard InChI is InChI=1S/C29H30N2O7S/c1-5-36-19-12-8-17(9-13-19)16-21-26(32)31-25(30)23(29(34)38-7-3)22(24(27(31)39-21)28(33)35-4)18-10-14-20(15-11-18)37-6-2/h8-16,22H,5-7,30H2,1-4H3/b21-16-. The number of carbonyl (C=O) groups is 2. The first kappa shape index (κ1) is 27.7. The zero-order chi connectivity index (χ0) is 28.1. The summed E-state index contributed by atoms with van der Waals surface area (Å²) < 4.78 is 23.3. The summed E-state index contributed by atoms with van der Waals surface area (Å²) in [5, 5.41) is 0. The molecular weight excluding hydrogens is 520 g/mol. The molecule has 0 fully saturated rings. The van der Waals surface area contributed by atoms with E-state index in [1.807, 2.05) is 38.1 Å². The van der Waals surface area contributed by atoms with Crippen molar-refractivity contribution in [3.05, 3.63) is 84.8 Å². The third kappa shape index (κ3) is 5.46. The Labute approximate surface area is 229 Å². The molecule has 1 aromatic heterocycles. The van der Waals surface area contributed by atoms with Crippen LogP contribution in [0.4, 0.5) is 0 Å². The number of ether oxygens (including phenoxy) is 4. The minimum Gasteiger partial charge on any atom is -0.494 e. The molecule has 2 heterocycles. The van der Waals surface area contributed by atoms with Crippen LogP contribution in [0.2, 0.25) is 0 Å². The van der Waals surface area contributed by atoms with Crippen LogP contribution in [0.3, 0.4) is 0 Å². The normalized spacial score (nSPS) is 15.1. The molecule has 0 bridgehead atoms. The molecule has 204 valence electrons. The molecule has 0 saturated heterocycles. The number of esters is 2. The number of hydrogen-bond donors (Lipinski definition) is 1. The molecule has 2 aromatic carbocycles. The molecule has 0 spiro atoms. The predicted molar refractivity (Wildman–Crippen MR) is 149 cm³/mol. The molecule has 4 rings (SSSR count). The number of methoxy groups -OCH3 is 1. The van der Waals surface area contributed by atoms with Crippen molar-refractivity contribution in [3.8, 4) is 11.5 Å². The first-order chi connectivity index (χ1) is 18.8. The van der Waals surface area contributed by atoms with Gasteiger partial charge in [-0.3, -0.25) is 9.36 Å². The van der Waals surface area contributed by atoms with Crippen LogP contribution in [-0.4, -0.2) is 43.4 Å². The van der Waals surface area contributed by atoms with Gasteiger partial charge < -0.3 is 24.7 Å². The number of nitrogens with two attached hydrogens (primary N) is 1. The summed E-state index contributed by atoms with van der Waals surface area (Å²) in [6, 6.07) is 14.2. The molecule has 1 aliphatic rings. The average molecular weight is 551 g/mol. The second-order valence-corrected chi connectivity index (χ2v) is 9.45. The highest BCUT2D eigenvalue weighted by molar-refractivity contribution is 7.07. The first-order valence-corrected chi connectivity index (χ1v) is 13.3. The van der Waals surface area contributed by atoms with E-state index in [4.69, 9.17) is 24.7 Å². The van der Waals surface area contributed by atoms with Gasteiger partial charge in [0, 0.05) is 0 Å². The van der Waals surface area contributed by atoms with Gasteiger partial charge in [-0.2, -0.15) is 0 Å². The van der Waals surface area contributed by atoms with Gasteiger partial charge in [-0.1, -0.05) is 24.3 Å². The van der Waals surface area contributed by atoms with Gasteiger partial charge in [-0.25, -0.2) is 9.59 Å². The molecule has 1 unspecified atom stereocenters. The Morgan fingerprint density at radius 1 is 0.897 bits per heavy atom. The van der Waals surface area contributed by atoms with Gasteiger partial charge in [0.1, 0.15) is 22.0 Å². The number of nitrogens with zero attached hydrogens (tertiary/aromatic N) is 1. The van der Waals surface area contributed by atoms with Crippen molar-refractivity contribution >= 4 is 40.7 Å². The minimum absolute atomic E-state index is 0.0126. The van der Waals surface area contributed by atoms with Crippen molar-refractivity contribution in [3.63, 3.8) is 0 Å². The summed E-state index contributed by atoms with van der Waals surface area (Å²) in [6.07, 6.45) is 1.70. The fourth-order valence-electron chi connectivity index (χ4n) is 4.40. The maximum Gasteiger partial charge on any atom is 0.338 e.